The van der Waals surface area contributed by atoms with Gasteiger partial charge >= 0.3 is 0 Å². The fraction of sp³-hybridized carbons (Fsp3) is 0.500. The smallest absolute Gasteiger partial charge is 0.168 e. The third kappa shape index (κ3) is 2.50. The highest BCUT2D eigenvalue weighted by molar-refractivity contribution is 5.99. The van der Waals surface area contributed by atoms with Gasteiger partial charge in [-0.2, -0.15) is 0 Å². The first-order valence-corrected chi connectivity index (χ1v) is 6.13. The Kier molecular flexibility index (Phi) is 3.48. The van der Waals surface area contributed by atoms with Gasteiger partial charge in [-0.1, -0.05) is 26.0 Å². The molecule has 17 heavy (non-hydrogen) atoms. The van der Waals surface area contributed by atoms with Crippen molar-refractivity contribution in [1.82, 2.24) is 0 Å². The fourth-order valence-corrected chi connectivity index (χ4v) is 1.99. The Balaban J connectivity index is 2.18. The average Bonchev–Trinajstić information content (AvgIpc) is 2.76. The number of para-hydroxylation sites is 1. The van der Waals surface area contributed by atoms with Gasteiger partial charge in [-0.15, -0.1) is 0 Å². The molecule has 0 saturated heterocycles. The Hall–Kier alpha value is -1.35. The van der Waals surface area contributed by atoms with Gasteiger partial charge in [-0.3, -0.25) is 4.79 Å². The summed E-state index contributed by atoms with van der Waals surface area (Å²) in [5.74, 6) is 1.18. The summed E-state index contributed by atoms with van der Waals surface area (Å²) in [6.07, 6.45) is 1.28. The highest BCUT2D eigenvalue weighted by Crippen LogP contribution is 2.30. The lowest BCUT2D eigenvalue weighted by molar-refractivity contribution is 0.0964. The molecule has 0 bridgehead atoms. The van der Waals surface area contributed by atoms with Crippen LogP contribution in [0.2, 0.25) is 0 Å². The number of benzene rings is 1. The van der Waals surface area contributed by atoms with Crippen LogP contribution in [-0.4, -0.2) is 18.4 Å². The summed E-state index contributed by atoms with van der Waals surface area (Å²) in [7, 11) is 0. The lowest BCUT2D eigenvalue weighted by Gasteiger charge is -2.15. The van der Waals surface area contributed by atoms with Gasteiger partial charge in [0.25, 0.3) is 0 Å². The molecule has 92 valence electrons. The Labute approximate surface area is 102 Å². The van der Waals surface area contributed by atoms with Crippen LogP contribution in [0.25, 0.3) is 0 Å². The van der Waals surface area contributed by atoms with Crippen LogP contribution in [-0.2, 0) is 6.42 Å². The zero-order valence-electron chi connectivity index (χ0n) is 10.4. The van der Waals surface area contributed by atoms with E-state index in [0.717, 1.165) is 17.7 Å². The van der Waals surface area contributed by atoms with Gasteiger partial charge in [-0.25, -0.2) is 0 Å². The topological polar surface area (TPSA) is 52.3 Å². The van der Waals surface area contributed by atoms with Gasteiger partial charge in [-0.05, 0) is 17.5 Å². The van der Waals surface area contributed by atoms with Crippen LogP contribution < -0.4 is 10.5 Å². The molecule has 0 aromatic heterocycles. The van der Waals surface area contributed by atoms with Crippen LogP contribution in [0.5, 0.6) is 5.75 Å². The highest BCUT2D eigenvalue weighted by Gasteiger charge is 2.22. The van der Waals surface area contributed by atoms with Gasteiger partial charge in [0.2, 0.25) is 0 Å². The molecule has 1 heterocycles. The molecule has 2 rings (SSSR count). The molecule has 1 atom stereocenters. The number of hydrogen-bond donors (Lipinski definition) is 1. The number of hydrogen-bond acceptors (Lipinski definition) is 3. The van der Waals surface area contributed by atoms with Crippen molar-refractivity contribution < 1.29 is 9.53 Å². The van der Waals surface area contributed by atoms with E-state index in [4.69, 9.17) is 10.5 Å². The quantitative estimate of drug-likeness (QED) is 0.811. The van der Waals surface area contributed by atoms with Gasteiger partial charge in [0.1, 0.15) is 5.75 Å². The monoisotopic (exact) mass is 233 g/mol. The first-order chi connectivity index (χ1) is 8.09. The molecule has 0 spiro atoms. The van der Waals surface area contributed by atoms with E-state index < -0.39 is 0 Å². The molecule has 1 aliphatic heterocycles. The van der Waals surface area contributed by atoms with Crippen LogP contribution in [0.1, 0.15) is 36.2 Å². The lowest BCUT2D eigenvalue weighted by atomic mass is 9.95. The van der Waals surface area contributed by atoms with Crippen molar-refractivity contribution in [3.63, 3.8) is 0 Å². The molecular weight excluding hydrogens is 214 g/mol. The molecule has 0 amide bonds. The molecule has 3 nitrogen and oxygen atoms in total. The van der Waals surface area contributed by atoms with Crippen LogP contribution in [0, 0.1) is 5.92 Å². The van der Waals surface area contributed by atoms with E-state index in [9.17, 15) is 4.79 Å². The van der Waals surface area contributed by atoms with E-state index in [2.05, 4.69) is 0 Å². The summed E-state index contributed by atoms with van der Waals surface area (Å²) < 4.78 is 5.53. The first kappa shape index (κ1) is 12.1. The van der Waals surface area contributed by atoms with Crippen molar-refractivity contribution in [2.24, 2.45) is 11.7 Å². The van der Waals surface area contributed by atoms with E-state index in [-0.39, 0.29) is 11.8 Å². The SMILES string of the molecule is CC(C)C(N)CC(=O)c1cccc2c1OCC2. The second-order valence-corrected chi connectivity index (χ2v) is 4.93. The zero-order chi connectivity index (χ0) is 12.4. The molecule has 1 aliphatic rings. The zero-order valence-corrected chi connectivity index (χ0v) is 10.4. The average molecular weight is 233 g/mol. The molecule has 0 aliphatic carbocycles. The number of ether oxygens (including phenoxy) is 1. The molecular formula is C14H19NO2. The van der Waals surface area contributed by atoms with Crippen molar-refractivity contribution in [3.05, 3.63) is 29.3 Å². The molecule has 1 aromatic carbocycles. The van der Waals surface area contributed by atoms with Crippen LogP contribution in [0.3, 0.4) is 0 Å². The predicted molar refractivity (Wildman–Crippen MR) is 67.4 cm³/mol. The van der Waals surface area contributed by atoms with Crippen molar-refractivity contribution in [2.75, 3.05) is 6.61 Å². The van der Waals surface area contributed by atoms with E-state index in [1.807, 2.05) is 32.0 Å². The molecule has 0 radical (unpaired) electrons. The van der Waals surface area contributed by atoms with Crippen molar-refractivity contribution in [2.45, 2.75) is 32.7 Å². The highest BCUT2D eigenvalue weighted by atomic mass is 16.5. The van der Waals surface area contributed by atoms with E-state index in [0.29, 0.717) is 24.5 Å². The maximum absolute atomic E-state index is 12.2. The van der Waals surface area contributed by atoms with Crippen LogP contribution in [0.15, 0.2) is 18.2 Å². The first-order valence-electron chi connectivity index (χ1n) is 6.13. The number of ketones is 1. The molecule has 0 saturated carbocycles. The summed E-state index contributed by atoms with van der Waals surface area (Å²) in [5, 5.41) is 0. The number of fused-ring (bicyclic) bond motifs is 1. The minimum absolute atomic E-state index is 0.0836. The Morgan fingerprint density at radius 1 is 1.47 bits per heavy atom. The third-order valence-corrected chi connectivity index (χ3v) is 3.29. The van der Waals surface area contributed by atoms with E-state index in [1.54, 1.807) is 0 Å². The molecule has 0 fully saturated rings. The fourth-order valence-electron chi connectivity index (χ4n) is 1.99. The normalized spacial score (nSPS) is 15.5. The van der Waals surface area contributed by atoms with Crippen LogP contribution >= 0.6 is 0 Å². The summed E-state index contributed by atoms with van der Waals surface area (Å²) >= 11 is 0. The number of carbonyl (C=O) groups is 1. The number of rotatable bonds is 4. The van der Waals surface area contributed by atoms with E-state index in [1.165, 1.54) is 0 Å². The van der Waals surface area contributed by atoms with Crippen molar-refractivity contribution in [1.29, 1.82) is 0 Å². The van der Waals surface area contributed by atoms with Gasteiger partial charge in [0.15, 0.2) is 5.78 Å². The minimum atomic E-state index is -0.0836. The molecule has 1 aromatic rings. The molecule has 2 N–H and O–H groups in total. The Morgan fingerprint density at radius 3 is 2.94 bits per heavy atom. The number of nitrogens with two attached hydrogens (primary N) is 1. The van der Waals surface area contributed by atoms with Crippen LogP contribution in [0.4, 0.5) is 0 Å². The maximum Gasteiger partial charge on any atom is 0.168 e. The Bertz CT molecular complexity index is 426. The minimum Gasteiger partial charge on any atom is -0.492 e. The number of carbonyl (C=O) groups excluding carboxylic acids is 1. The van der Waals surface area contributed by atoms with Gasteiger partial charge in [0.05, 0.1) is 12.2 Å². The summed E-state index contributed by atoms with van der Waals surface area (Å²) in [6, 6.07) is 5.68. The van der Waals surface area contributed by atoms with Gasteiger partial charge in [0, 0.05) is 18.9 Å². The maximum atomic E-state index is 12.2. The molecule has 1 unspecified atom stereocenters. The standard InChI is InChI=1S/C14H19NO2/c1-9(2)12(15)8-13(16)11-5-3-4-10-6-7-17-14(10)11/h3-5,9,12H,6-8,15H2,1-2H3. The lowest BCUT2D eigenvalue weighted by Crippen LogP contribution is -2.29. The molecule has 3 heteroatoms. The number of Topliss-reactive ketones (excluding diaryl/α,β-unsaturated/α-hetero) is 1. The Morgan fingerprint density at radius 2 is 2.24 bits per heavy atom. The predicted octanol–water partition coefficient (Wildman–Crippen LogP) is 2.18. The summed E-state index contributed by atoms with van der Waals surface area (Å²) in [4.78, 5) is 12.2. The van der Waals surface area contributed by atoms with Gasteiger partial charge < -0.3 is 10.5 Å². The van der Waals surface area contributed by atoms with E-state index >= 15 is 0 Å². The summed E-state index contributed by atoms with van der Waals surface area (Å²) in [5.41, 5.74) is 7.76. The van der Waals surface area contributed by atoms with Crippen molar-refractivity contribution >= 4 is 5.78 Å². The largest absolute Gasteiger partial charge is 0.492 e. The van der Waals surface area contributed by atoms with Crippen molar-refractivity contribution in [3.8, 4) is 5.75 Å². The second kappa shape index (κ2) is 4.88. The third-order valence-electron chi connectivity index (χ3n) is 3.29. The second-order valence-electron chi connectivity index (χ2n) is 4.93. The summed E-state index contributed by atoms with van der Waals surface area (Å²) in [6.45, 7) is 4.74.